The Morgan fingerprint density at radius 3 is 2.16 bits per heavy atom. The Hall–Kier alpha value is -2.93. The molecule has 7 nitrogen and oxygen atoms in total. The number of non-ortho nitro benzene ring substituents is 1. The van der Waals surface area contributed by atoms with Crippen LogP contribution in [0.3, 0.4) is 0 Å². The van der Waals surface area contributed by atoms with E-state index in [1.807, 2.05) is 0 Å². The third kappa shape index (κ3) is 4.13. The van der Waals surface area contributed by atoms with E-state index in [9.17, 15) is 19.7 Å². The summed E-state index contributed by atoms with van der Waals surface area (Å²) in [6.45, 7) is 0. The highest BCUT2D eigenvalue weighted by molar-refractivity contribution is 6.34. The number of carbonyl (C=O) groups excluding carboxylic acids is 2. The molecule has 1 aliphatic carbocycles. The fourth-order valence-corrected chi connectivity index (χ4v) is 2.49. The lowest BCUT2D eigenvalue weighted by Gasteiger charge is -2.08. The zero-order valence-electron chi connectivity index (χ0n) is 13.0. The monoisotopic (exact) mass is 359 g/mol. The van der Waals surface area contributed by atoms with E-state index < -0.39 is 10.8 Å². The minimum Gasteiger partial charge on any atom is -0.326 e. The lowest BCUT2D eigenvalue weighted by molar-refractivity contribution is -0.384. The Kier molecular flexibility index (Phi) is 4.67. The molecule has 2 N–H and O–H groups in total. The van der Waals surface area contributed by atoms with Gasteiger partial charge in [-0.2, -0.15) is 0 Å². The molecule has 0 aliphatic heterocycles. The number of hydrogen-bond donors (Lipinski definition) is 2. The van der Waals surface area contributed by atoms with E-state index in [0.29, 0.717) is 11.4 Å². The Labute approximate surface area is 148 Å². The molecule has 25 heavy (non-hydrogen) atoms. The van der Waals surface area contributed by atoms with Crippen LogP contribution >= 0.6 is 11.6 Å². The standard InChI is InChI=1S/C17H14ClN3O4/c18-15-9-13(21(24)25)7-8-14(15)17(23)20-12-5-3-11(4-6-12)19-16(22)10-1-2-10/h3-10H,1-2H2,(H,19,22)(H,20,23). The number of benzene rings is 2. The molecule has 0 unspecified atom stereocenters. The van der Waals surface area contributed by atoms with E-state index in [4.69, 9.17) is 11.6 Å². The van der Waals surface area contributed by atoms with Gasteiger partial charge >= 0.3 is 0 Å². The van der Waals surface area contributed by atoms with Crippen LogP contribution in [-0.4, -0.2) is 16.7 Å². The second-order valence-corrected chi connectivity index (χ2v) is 6.12. The predicted octanol–water partition coefficient (Wildman–Crippen LogP) is 3.85. The molecule has 1 saturated carbocycles. The van der Waals surface area contributed by atoms with Crippen molar-refractivity contribution in [2.24, 2.45) is 5.92 Å². The van der Waals surface area contributed by atoms with Crippen molar-refractivity contribution in [1.82, 2.24) is 0 Å². The van der Waals surface area contributed by atoms with Crippen molar-refractivity contribution in [1.29, 1.82) is 0 Å². The fraction of sp³-hybridized carbons (Fsp3) is 0.176. The molecule has 3 rings (SSSR count). The minimum atomic E-state index is -0.581. The van der Waals surface area contributed by atoms with Crippen molar-refractivity contribution in [3.8, 4) is 0 Å². The molecule has 2 aromatic carbocycles. The molecule has 128 valence electrons. The first kappa shape index (κ1) is 16.9. The van der Waals surface area contributed by atoms with Crippen LogP contribution in [0.1, 0.15) is 23.2 Å². The van der Waals surface area contributed by atoms with Gasteiger partial charge in [0.05, 0.1) is 15.5 Å². The van der Waals surface area contributed by atoms with Crippen molar-refractivity contribution < 1.29 is 14.5 Å². The lowest BCUT2D eigenvalue weighted by atomic mass is 10.2. The summed E-state index contributed by atoms with van der Waals surface area (Å²) >= 11 is 5.94. The highest BCUT2D eigenvalue weighted by Crippen LogP contribution is 2.30. The second kappa shape index (κ2) is 6.90. The Morgan fingerprint density at radius 2 is 1.64 bits per heavy atom. The van der Waals surface area contributed by atoms with Gasteiger partial charge in [0.1, 0.15) is 0 Å². The van der Waals surface area contributed by atoms with Crippen LogP contribution in [0.25, 0.3) is 0 Å². The lowest BCUT2D eigenvalue weighted by Crippen LogP contribution is -2.14. The maximum Gasteiger partial charge on any atom is 0.270 e. The first-order valence-corrected chi connectivity index (χ1v) is 7.98. The van der Waals surface area contributed by atoms with Crippen molar-refractivity contribution in [2.45, 2.75) is 12.8 Å². The van der Waals surface area contributed by atoms with E-state index in [0.717, 1.165) is 18.9 Å². The third-order valence-electron chi connectivity index (χ3n) is 3.77. The minimum absolute atomic E-state index is 0.0000157. The van der Waals surface area contributed by atoms with Gasteiger partial charge in [0.25, 0.3) is 11.6 Å². The molecule has 2 amide bonds. The number of hydrogen-bond acceptors (Lipinski definition) is 4. The zero-order chi connectivity index (χ0) is 18.0. The first-order chi connectivity index (χ1) is 11.9. The topological polar surface area (TPSA) is 101 Å². The van der Waals surface area contributed by atoms with E-state index in [2.05, 4.69) is 10.6 Å². The van der Waals surface area contributed by atoms with Crippen molar-refractivity contribution >= 4 is 40.5 Å². The number of anilines is 2. The summed E-state index contributed by atoms with van der Waals surface area (Å²) < 4.78 is 0. The molecular formula is C17H14ClN3O4. The van der Waals surface area contributed by atoms with Crippen LogP contribution < -0.4 is 10.6 Å². The summed E-state index contributed by atoms with van der Waals surface area (Å²) in [6.07, 6.45) is 1.85. The van der Waals surface area contributed by atoms with Gasteiger partial charge in [0.15, 0.2) is 0 Å². The third-order valence-corrected chi connectivity index (χ3v) is 4.08. The number of halogens is 1. The van der Waals surface area contributed by atoms with E-state index >= 15 is 0 Å². The Bertz CT molecular complexity index is 847. The summed E-state index contributed by atoms with van der Waals surface area (Å²) in [6, 6.07) is 10.3. The van der Waals surface area contributed by atoms with Crippen molar-refractivity contribution in [2.75, 3.05) is 10.6 Å². The smallest absolute Gasteiger partial charge is 0.270 e. The summed E-state index contributed by atoms with van der Waals surface area (Å²) in [5.74, 6) is -0.354. The van der Waals surface area contributed by atoms with E-state index in [1.54, 1.807) is 24.3 Å². The maximum atomic E-state index is 12.2. The number of rotatable bonds is 5. The predicted molar refractivity (Wildman–Crippen MR) is 93.9 cm³/mol. The zero-order valence-corrected chi connectivity index (χ0v) is 13.7. The van der Waals surface area contributed by atoms with E-state index in [-0.39, 0.29) is 28.1 Å². The quantitative estimate of drug-likeness (QED) is 0.625. The maximum absolute atomic E-state index is 12.2. The molecule has 1 aliphatic rings. The average Bonchev–Trinajstić information content (AvgIpc) is 3.41. The van der Waals surface area contributed by atoms with Crippen molar-refractivity contribution in [3.05, 3.63) is 63.2 Å². The fourth-order valence-electron chi connectivity index (χ4n) is 2.23. The molecular weight excluding hydrogens is 346 g/mol. The Balaban J connectivity index is 1.66. The molecule has 0 heterocycles. The van der Waals surface area contributed by atoms with Crippen LogP contribution in [0.5, 0.6) is 0 Å². The largest absolute Gasteiger partial charge is 0.326 e. The van der Waals surface area contributed by atoms with Gasteiger partial charge < -0.3 is 10.6 Å². The van der Waals surface area contributed by atoms with Crippen LogP contribution in [0.15, 0.2) is 42.5 Å². The van der Waals surface area contributed by atoms with Crippen LogP contribution in [0, 0.1) is 16.0 Å². The number of nitrogens with zero attached hydrogens (tertiary/aromatic N) is 1. The molecule has 0 saturated heterocycles. The normalized spacial score (nSPS) is 13.2. The molecule has 2 aromatic rings. The van der Waals surface area contributed by atoms with Gasteiger partial charge in [0.2, 0.25) is 5.91 Å². The van der Waals surface area contributed by atoms with Gasteiger partial charge in [-0.25, -0.2) is 0 Å². The van der Waals surface area contributed by atoms with Gasteiger partial charge in [-0.15, -0.1) is 0 Å². The molecule has 1 fully saturated rings. The summed E-state index contributed by atoms with van der Waals surface area (Å²) in [5.41, 5.74) is 1.13. The van der Waals surface area contributed by atoms with Crippen molar-refractivity contribution in [3.63, 3.8) is 0 Å². The van der Waals surface area contributed by atoms with Gasteiger partial charge in [-0.1, -0.05) is 11.6 Å². The highest BCUT2D eigenvalue weighted by Gasteiger charge is 2.29. The second-order valence-electron chi connectivity index (χ2n) is 5.72. The molecule has 0 spiro atoms. The van der Waals surface area contributed by atoms with E-state index in [1.165, 1.54) is 12.1 Å². The SMILES string of the molecule is O=C(Nc1ccc(NC(=O)C2CC2)cc1)c1ccc([N+](=O)[O-])cc1Cl. The molecule has 0 radical (unpaired) electrons. The van der Waals surface area contributed by atoms with Gasteiger partial charge in [-0.3, -0.25) is 19.7 Å². The first-order valence-electron chi connectivity index (χ1n) is 7.60. The highest BCUT2D eigenvalue weighted by atomic mass is 35.5. The van der Waals surface area contributed by atoms with Gasteiger partial charge in [-0.05, 0) is 43.2 Å². The van der Waals surface area contributed by atoms with Crippen LogP contribution in [0.4, 0.5) is 17.1 Å². The number of carbonyl (C=O) groups is 2. The summed E-state index contributed by atoms with van der Waals surface area (Å²) in [4.78, 5) is 34.0. The molecule has 0 aromatic heterocycles. The molecule has 0 bridgehead atoms. The number of nitrogens with one attached hydrogen (secondary N) is 2. The van der Waals surface area contributed by atoms with Crippen LogP contribution in [-0.2, 0) is 4.79 Å². The van der Waals surface area contributed by atoms with Gasteiger partial charge in [0, 0.05) is 29.4 Å². The molecule has 0 atom stereocenters. The Morgan fingerprint density at radius 1 is 1.04 bits per heavy atom. The average molecular weight is 360 g/mol. The summed E-state index contributed by atoms with van der Waals surface area (Å²) in [5, 5.41) is 16.2. The number of nitro groups is 1. The van der Waals surface area contributed by atoms with Crippen LogP contribution in [0.2, 0.25) is 5.02 Å². The summed E-state index contributed by atoms with van der Waals surface area (Å²) in [7, 11) is 0. The molecule has 8 heteroatoms. The number of nitro benzene ring substituents is 1. The number of amides is 2.